The Balaban J connectivity index is 2.40. The van der Waals surface area contributed by atoms with Crippen molar-refractivity contribution in [2.75, 3.05) is 0 Å². The molecule has 1 heterocycles. The zero-order valence-electron chi connectivity index (χ0n) is 7.40. The summed E-state index contributed by atoms with van der Waals surface area (Å²) in [6.45, 7) is 1.89. The van der Waals surface area contributed by atoms with Crippen LogP contribution in [0.2, 0.25) is 0 Å². The van der Waals surface area contributed by atoms with Crippen LogP contribution in [-0.2, 0) is 9.84 Å². The highest BCUT2D eigenvalue weighted by Gasteiger charge is 2.37. The van der Waals surface area contributed by atoms with Crippen LogP contribution in [0.15, 0.2) is 23.4 Å². The molecule has 1 aliphatic rings. The monoisotopic (exact) mass is 197 g/mol. The van der Waals surface area contributed by atoms with Crippen molar-refractivity contribution in [1.82, 2.24) is 4.98 Å². The maximum atomic E-state index is 11.6. The largest absolute Gasteiger partial charge is 0.244 e. The van der Waals surface area contributed by atoms with E-state index in [2.05, 4.69) is 4.98 Å². The standard InChI is InChI=1S/C9H11NO2S/c1-7-2-5-9(10-6-7)13(11,12)8-3-4-8/h2,5-6,8H,3-4H2,1H3. The number of rotatable bonds is 2. The van der Waals surface area contributed by atoms with Crippen molar-refractivity contribution in [3.63, 3.8) is 0 Å². The zero-order valence-corrected chi connectivity index (χ0v) is 8.21. The van der Waals surface area contributed by atoms with Crippen molar-refractivity contribution in [3.05, 3.63) is 23.9 Å². The lowest BCUT2D eigenvalue weighted by Gasteiger charge is -2.00. The molecule has 4 heteroatoms. The highest BCUT2D eigenvalue weighted by Crippen LogP contribution is 2.32. The molecule has 1 aromatic heterocycles. The average Bonchev–Trinajstić information content (AvgIpc) is 2.87. The summed E-state index contributed by atoms with van der Waals surface area (Å²) in [6.07, 6.45) is 3.17. The van der Waals surface area contributed by atoms with Crippen LogP contribution < -0.4 is 0 Å². The Bertz CT molecular complexity index is 404. The van der Waals surface area contributed by atoms with Gasteiger partial charge in [-0.2, -0.15) is 0 Å². The SMILES string of the molecule is Cc1ccc(S(=O)(=O)C2CC2)nc1. The van der Waals surface area contributed by atoms with Gasteiger partial charge in [0.2, 0.25) is 0 Å². The van der Waals surface area contributed by atoms with E-state index in [1.54, 1.807) is 18.3 Å². The van der Waals surface area contributed by atoms with Crippen LogP contribution in [0.3, 0.4) is 0 Å². The number of sulfone groups is 1. The molecule has 0 aliphatic heterocycles. The zero-order chi connectivity index (χ0) is 9.47. The quantitative estimate of drug-likeness (QED) is 0.718. The van der Waals surface area contributed by atoms with Crippen molar-refractivity contribution in [3.8, 4) is 0 Å². The topological polar surface area (TPSA) is 47.0 Å². The second-order valence-corrected chi connectivity index (χ2v) is 5.59. The van der Waals surface area contributed by atoms with Gasteiger partial charge < -0.3 is 0 Å². The van der Waals surface area contributed by atoms with E-state index in [1.165, 1.54) is 0 Å². The molecular weight excluding hydrogens is 186 g/mol. The third-order valence-electron chi connectivity index (χ3n) is 2.14. The normalized spacial score (nSPS) is 17.3. The minimum absolute atomic E-state index is 0.164. The summed E-state index contributed by atoms with van der Waals surface area (Å²) >= 11 is 0. The lowest BCUT2D eigenvalue weighted by atomic mass is 10.3. The lowest BCUT2D eigenvalue weighted by molar-refractivity contribution is 0.591. The molecule has 70 valence electrons. The highest BCUT2D eigenvalue weighted by atomic mass is 32.2. The van der Waals surface area contributed by atoms with E-state index in [-0.39, 0.29) is 10.3 Å². The van der Waals surface area contributed by atoms with Crippen molar-refractivity contribution < 1.29 is 8.42 Å². The molecule has 0 N–H and O–H groups in total. The van der Waals surface area contributed by atoms with Gasteiger partial charge in [0.1, 0.15) is 0 Å². The Morgan fingerprint density at radius 1 is 1.38 bits per heavy atom. The molecule has 1 aliphatic carbocycles. The molecule has 0 amide bonds. The number of aryl methyl sites for hydroxylation is 1. The molecule has 1 fully saturated rings. The van der Waals surface area contributed by atoms with Crippen LogP contribution in [0, 0.1) is 6.92 Å². The summed E-state index contributed by atoms with van der Waals surface area (Å²) in [5.41, 5.74) is 0.981. The van der Waals surface area contributed by atoms with E-state index >= 15 is 0 Å². The predicted molar refractivity (Wildman–Crippen MR) is 49.2 cm³/mol. The van der Waals surface area contributed by atoms with Crippen LogP contribution in [0.1, 0.15) is 18.4 Å². The lowest BCUT2D eigenvalue weighted by Crippen LogP contribution is -2.08. The molecule has 3 nitrogen and oxygen atoms in total. The summed E-state index contributed by atoms with van der Waals surface area (Å²) in [5.74, 6) is 0. The van der Waals surface area contributed by atoms with Crippen molar-refractivity contribution >= 4 is 9.84 Å². The Hall–Kier alpha value is -0.900. The fourth-order valence-electron chi connectivity index (χ4n) is 1.17. The number of pyridine rings is 1. The molecule has 0 atom stereocenters. The summed E-state index contributed by atoms with van der Waals surface area (Å²) in [5, 5.41) is 0.0586. The first-order valence-electron chi connectivity index (χ1n) is 4.27. The second-order valence-electron chi connectivity index (χ2n) is 3.42. The molecule has 0 saturated heterocycles. The molecule has 0 radical (unpaired) electrons. The van der Waals surface area contributed by atoms with E-state index in [0.29, 0.717) is 0 Å². The average molecular weight is 197 g/mol. The molecular formula is C9H11NO2S. The summed E-state index contributed by atoms with van der Waals surface area (Å²) in [4.78, 5) is 3.92. The molecule has 2 rings (SSSR count). The van der Waals surface area contributed by atoms with Gasteiger partial charge in [-0.3, -0.25) is 0 Å². The summed E-state index contributed by atoms with van der Waals surface area (Å²) < 4.78 is 23.3. The maximum Gasteiger partial charge on any atom is 0.198 e. The minimum atomic E-state index is -3.09. The third-order valence-corrected chi connectivity index (χ3v) is 4.31. The van der Waals surface area contributed by atoms with E-state index in [1.807, 2.05) is 6.92 Å². The first-order valence-corrected chi connectivity index (χ1v) is 5.82. The Morgan fingerprint density at radius 3 is 2.54 bits per heavy atom. The van der Waals surface area contributed by atoms with Gasteiger partial charge in [-0.1, -0.05) is 6.07 Å². The van der Waals surface area contributed by atoms with Crippen LogP contribution in [0.25, 0.3) is 0 Å². The van der Waals surface area contributed by atoms with E-state index in [9.17, 15) is 8.42 Å². The summed E-state index contributed by atoms with van der Waals surface area (Å²) in [7, 11) is -3.09. The van der Waals surface area contributed by atoms with Gasteiger partial charge in [-0.05, 0) is 31.4 Å². The van der Waals surface area contributed by atoms with E-state index in [4.69, 9.17) is 0 Å². The number of aromatic nitrogens is 1. The number of hydrogen-bond acceptors (Lipinski definition) is 3. The Morgan fingerprint density at radius 2 is 2.08 bits per heavy atom. The highest BCUT2D eigenvalue weighted by molar-refractivity contribution is 7.92. The smallest absolute Gasteiger partial charge is 0.198 e. The molecule has 1 saturated carbocycles. The van der Waals surface area contributed by atoms with Gasteiger partial charge in [-0.25, -0.2) is 13.4 Å². The van der Waals surface area contributed by atoms with Crippen molar-refractivity contribution in [2.45, 2.75) is 30.0 Å². The van der Waals surface area contributed by atoms with Gasteiger partial charge >= 0.3 is 0 Å². The van der Waals surface area contributed by atoms with Crippen LogP contribution in [0.5, 0.6) is 0 Å². The minimum Gasteiger partial charge on any atom is -0.244 e. The van der Waals surface area contributed by atoms with E-state index in [0.717, 1.165) is 18.4 Å². The molecule has 0 unspecified atom stereocenters. The van der Waals surface area contributed by atoms with Crippen LogP contribution in [-0.4, -0.2) is 18.7 Å². The first-order chi connectivity index (χ1) is 6.10. The number of nitrogens with zero attached hydrogens (tertiary/aromatic N) is 1. The summed E-state index contributed by atoms with van der Waals surface area (Å²) in [6, 6.07) is 3.37. The van der Waals surface area contributed by atoms with Crippen LogP contribution >= 0.6 is 0 Å². The molecule has 13 heavy (non-hydrogen) atoms. The fraction of sp³-hybridized carbons (Fsp3) is 0.444. The second kappa shape index (κ2) is 2.80. The maximum absolute atomic E-state index is 11.6. The van der Waals surface area contributed by atoms with Gasteiger partial charge in [0, 0.05) is 6.20 Å². The van der Waals surface area contributed by atoms with Crippen molar-refractivity contribution in [1.29, 1.82) is 0 Å². The van der Waals surface area contributed by atoms with Crippen LogP contribution in [0.4, 0.5) is 0 Å². The molecule has 1 aromatic rings. The first kappa shape index (κ1) is 8.69. The Kier molecular flexibility index (Phi) is 1.87. The van der Waals surface area contributed by atoms with E-state index < -0.39 is 9.84 Å². The van der Waals surface area contributed by atoms with Gasteiger partial charge in [0.05, 0.1) is 5.25 Å². The number of hydrogen-bond donors (Lipinski definition) is 0. The Labute approximate surface area is 77.7 Å². The molecule has 0 spiro atoms. The van der Waals surface area contributed by atoms with Crippen molar-refractivity contribution in [2.24, 2.45) is 0 Å². The van der Waals surface area contributed by atoms with Gasteiger partial charge in [-0.15, -0.1) is 0 Å². The van der Waals surface area contributed by atoms with Gasteiger partial charge in [0.25, 0.3) is 0 Å². The predicted octanol–water partition coefficient (Wildman–Crippen LogP) is 1.33. The third kappa shape index (κ3) is 1.58. The molecule has 0 bridgehead atoms. The van der Waals surface area contributed by atoms with Gasteiger partial charge in [0.15, 0.2) is 14.9 Å². The fourth-order valence-corrected chi connectivity index (χ4v) is 2.73. The molecule has 0 aromatic carbocycles.